The van der Waals surface area contributed by atoms with Crippen LogP contribution in [0.4, 0.5) is 10.2 Å². The van der Waals surface area contributed by atoms with Crippen molar-refractivity contribution in [2.75, 3.05) is 43.9 Å². The van der Waals surface area contributed by atoms with Crippen molar-refractivity contribution in [3.05, 3.63) is 45.6 Å². The highest BCUT2D eigenvalue weighted by atomic mass is 32.2. The van der Waals surface area contributed by atoms with Crippen molar-refractivity contribution in [1.82, 2.24) is 19.2 Å². The highest BCUT2D eigenvalue weighted by Crippen LogP contribution is 2.41. The average molecular weight is 548 g/mol. The first-order chi connectivity index (χ1) is 18.1. The number of fused-ring (bicyclic) bond motifs is 7. The molecule has 1 atom stereocenters. The van der Waals surface area contributed by atoms with Gasteiger partial charge in [0.25, 0.3) is 11.5 Å². The quantitative estimate of drug-likeness (QED) is 0.484. The van der Waals surface area contributed by atoms with E-state index in [0.717, 1.165) is 8.99 Å². The molecule has 2 aromatic heterocycles. The molecule has 0 aliphatic carbocycles. The average Bonchev–Trinajstić information content (AvgIpc) is 3.24. The number of likely N-dealkylation sites (N-methyl/N-ethyl adjacent to an activating group) is 1. The van der Waals surface area contributed by atoms with Gasteiger partial charge in [0.05, 0.1) is 26.0 Å². The van der Waals surface area contributed by atoms with Crippen molar-refractivity contribution in [1.29, 1.82) is 0 Å². The Balaban J connectivity index is 1.87. The molecule has 1 amide bonds. The summed E-state index contributed by atoms with van der Waals surface area (Å²) in [7, 11) is -1.09. The van der Waals surface area contributed by atoms with E-state index in [2.05, 4.69) is 5.10 Å². The molecule has 2 aliphatic rings. The molecule has 0 radical (unpaired) electrons. The molecule has 0 saturated heterocycles. The molecule has 0 saturated carbocycles. The summed E-state index contributed by atoms with van der Waals surface area (Å²) in [5, 5.41) is 4.58. The first-order valence-corrected chi connectivity index (χ1v) is 14.1. The van der Waals surface area contributed by atoms with E-state index in [1.807, 2.05) is 13.8 Å². The zero-order valence-electron chi connectivity index (χ0n) is 21.7. The molecule has 0 spiro atoms. The molecule has 0 N–H and O–H groups in total. The Bertz CT molecular complexity index is 1600. The van der Waals surface area contributed by atoms with Crippen LogP contribution >= 0.6 is 0 Å². The minimum absolute atomic E-state index is 0.0116. The molecule has 2 aliphatic heterocycles. The molecule has 13 heteroatoms. The van der Waals surface area contributed by atoms with Crippen LogP contribution in [0.1, 0.15) is 48.8 Å². The summed E-state index contributed by atoms with van der Waals surface area (Å²) in [6.45, 7) is 4.68. The van der Waals surface area contributed by atoms with Crippen LogP contribution in [0.2, 0.25) is 0 Å². The number of carbonyl (C=O) groups excluding carboxylic acids is 1. The van der Waals surface area contributed by atoms with Crippen LogP contribution in [-0.4, -0.2) is 73.2 Å². The second-order valence-electron chi connectivity index (χ2n) is 9.55. The van der Waals surface area contributed by atoms with Gasteiger partial charge >= 0.3 is 0 Å². The fourth-order valence-electron chi connectivity index (χ4n) is 5.18. The maximum atomic E-state index is 14.0. The molecular weight excluding hydrogens is 517 g/mol. The number of anilines is 1. The predicted octanol–water partition coefficient (Wildman–Crippen LogP) is 2.37. The van der Waals surface area contributed by atoms with E-state index in [4.69, 9.17) is 9.47 Å². The number of benzene rings is 1. The van der Waals surface area contributed by atoms with Crippen LogP contribution in [0.5, 0.6) is 11.5 Å². The highest BCUT2D eigenvalue weighted by molar-refractivity contribution is 7.92. The SMILES string of the molecule is CCN1C[C@H](C)n2c(c(OC)c3c(=O)n4nc(c32)N(C)S(=O)(=O)CCCCOc2cc(F)ccc2C4)C1=O. The molecule has 2 bridgehead atoms. The van der Waals surface area contributed by atoms with Gasteiger partial charge in [-0.25, -0.2) is 17.5 Å². The summed E-state index contributed by atoms with van der Waals surface area (Å²) >= 11 is 0. The second kappa shape index (κ2) is 9.61. The number of aromatic nitrogens is 3. The monoisotopic (exact) mass is 547 g/mol. The lowest BCUT2D eigenvalue weighted by atomic mass is 10.2. The van der Waals surface area contributed by atoms with E-state index >= 15 is 0 Å². The van der Waals surface area contributed by atoms with E-state index in [-0.39, 0.29) is 64.8 Å². The van der Waals surface area contributed by atoms with Crippen molar-refractivity contribution in [2.24, 2.45) is 0 Å². The largest absolute Gasteiger partial charge is 0.493 e. The van der Waals surface area contributed by atoms with E-state index in [1.165, 1.54) is 32.4 Å². The number of hydrogen-bond acceptors (Lipinski definition) is 7. The zero-order chi connectivity index (χ0) is 27.4. The standard InChI is InChI=1S/C25H30FN5O6S/c1-5-29-13-15(2)31-20-19(22(36-4)21(31)25(29)33)24(32)30-14-16-8-9-17(26)12-18(16)37-10-6-7-11-38(34,35)28(3)23(20)27-30/h8-9,12,15H,5-7,10-11,13-14H2,1-4H3/t15-/m0/s1. The summed E-state index contributed by atoms with van der Waals surface area (Å²) in [5.41, 5.74) is 0.340. The number of rotatable bonds is 2. The number of ether oxygens (including phenoxy) is 2. The fourth-order valence-corrected chi connectivity index (χ4v) is 6.41. The second-order valence-corrected chi connectivity index (χ2v) is 11.7. The van der Waals surface area contributed by atoms with Gasteiger partial charge < -0.3 is 18.9 Å². The summed E-state index contributed by atoms with van der Waals surface area (Å²) < 4.78 is 56.1. The van der Waals surface area contributed by atoms with Crippen molar-refractivity contribution in [3.63, 3.8) is 0 Å². The van der Waals surface area contributed by atoms with E-state index in [0.29, 0.717) is 31.5 Å². The summed E-state index contributed by atoms with van der Waals surface area (Å²) in [4.78, 5) is 29.0. The lowest BCUT2D eigenvalue weighted by Gasteiger charge is -2.33. The smallest absolute Gasteiger partial charge is 0.280 e. The van der Waals surface area contributed by atoms with Crippen LogP contribution in [0.3, 0.4) is 0 Å². The van der Waals surface area contributed by atoms with Gasteiger partial charge in [-0.3, -0.25) is 13.9 Å². The van der Waals surface area contributed by atoms with E-state index < -0.39 is 21.4 Å². The minimum Gasteiger partial charge on any atom is -0.493 e. The van der Waals surface area contributed by atoms with Gasteiger partial charge in [0, 0.05) is 37.8 Å². The molecule has 204 valence electrons. The number of amides is 1. The normalized spacial score (nSPS) is 19.6. The zero-order valence-corrected chi connectivity index (χ0v) is 22.5. The van der Waals surface area contributed by atoms with Crippen LogP contribution in [0.15, 0.2) is 23.0 Å². The van der Waals surface area contributed by atoms with Gasteiger partial charge in [0.1, 0.15) is 22.5 Å². The maximum Gasteiger partial charge on any atom is 0.280 e. The van der Waals surface area contributed by atoms with Crippen molar-refractivity contribution in [2.45, 2.75) is 39.3 Å². The molecule has 4 heterocycles. The number of sulfonamides is 1. The van der Waals surface area contributed by atoms with Gasteiger partial charge in [-0.1, -0.05) is 6.07 Å². The third-order valence-electron chi connectivity index (χ3n) is 7.16. The molecule has 0 unspecified atom stereocenters. The number of halogens is 1. The summed E-state index contributed by atoms with van der Waals surface area (Å²) in [6, 6.07) is 3.73. The van der Waals surface area contributed by atoms with Crippen LogP contribution in [-0.2, 0) is 16.6 Å². The van der Waals surface area contributed by atoms with Crippen LogP contribution in [0, 0.1) is 5.82 Å². The fraction of sp³-hybridized carbons (Fsp3) is 0.480. The molecule has 38 heavy (non-hydrogen) atoms. The molecule has 11 nitrogen and oxygen atoms in total. The molecule has 3 aromatic rings. The Morgan fingerprint density at radius 3 is 2.71 bits per heavy atom. The Hall–Kier alpha value is -3.61. The van der Waals surface area contributed by atoms with Gasteiger partial charge in [-0.15, -0.1) is 5.10 Å². The third-order valence-corrected chi connectivity index (χ3v) is 8.97. The summed E-state index contributed by atoms with van der Waals surface area (Å²) in [6.07, 6.45) is 0.728. The highest BCUT2D eigenvalue weighted by Gasteiger charge is 2.39. The van der Waals surface area contributed by atoms with Gasteiger partial charge in [-0.05, 0) is 32.8 Å². The van der Waals surface area contributed by atoms with E-state index in [9.17, 15) is 22.4 Å². The Morgan fingerprint density at radius 1 is 1.24 bits per heavy atom. The number of nitrogens with zero attached hydrogens (tertiary/aromatic N) is 5. The summed E-state index contributed by atoms with van der Waals surface area (Å²) in [5.74, 6) is -0.665. The molecule has 0 fully saturated rings. The van der Waals surface area contributed by atoms with Gasteiger partial charge in [-0.2, -0.15) is 0 Å². The van der Waals surface area contributed by atoms with Crippen molar-refractivity contribution in [3.8, 4) is 11.5 Å². The van der Waals surface area contributed by atoms with Crippen LogP contribution < -0.4 is 19.3 Å². The predicted molar refractivity (Wildman–Crippen MR) is 139 cm³/mol. The van der Waals surface area contributed by atoms with Crippen molar-refractivity contribution >= 4 is 32.7 Å². The molecule has 1 aromatic carbocycles. The lowest BCUT2D eigenvalue weighted by Crippen LogP contribution is -2.42. The Labute approximate surface area is 219 Å². The number of methoxy groups -OCH3 is 1. The molecular formula is C25H30FN5O6S. The number of carbonyl (C=O) groups is 1. The van der Waals surface area contributed by atoms with E-state index in [1.54, 1.807) is 9.47 Å². The topological polar surface area (TPSA) is 116 Å². The van der Waals surface area contributed by atoms with Crippen LogP contribution in [0.25, 0.3) is 10.9 Å². The third kappa shape index (κ3) is 4.08. The van der Waals surface area contributed by atoms with Gasteiger partial charge in [0.2, 0.25) is 10.0 Å². The number of hydrogen-bond donors (Lipinski definition) is 0. The molecule has 5 rings (SSSR count). The Kier molecular flexibility index (Phi) is 6.58. The maximum absolute atomic E-state index is 14.0. The van der Waals surface area contributed by atoms with Crippen molar-refractivity contribution < 1.29 is 27.1 Å². The Morgan fingerprint density at radius 2 is 2.00 bits per heavy atom. The minimum atomic E-state index is -3.86. The lowest BCUT2D eigenvalue weighted by molar-refractivity contribution is 0.0685. The first-order valence-electron chi connectivity index (χ1n) is 12.5. The first kappa shape index (κ1) is 26.0. The van der Waals surface area contributed by atoms with Gasteiger partial charge in [0.15, 0.2) is 17.3 Å².